The first-order chi connectivity index (χ1) is 13.9. The Labute approximate surface area is 166 Å². The topological polar surface area (TPSA) is 56.0 Å². The van der Waals surface area contributed by atoms with Crippen LogP contribution >= 0.6 is 0 Å². The Morgan fingerprint density at radius 1 is 0.931 bits per heavy atom. The lowest BCUT2D eigenvalue weighted by Crippen LogP contribution is -2.12. The second-order valence-corrected chi connectivity index (χ2v) is 6.71. The normalized spacial score (nSPS) is 11.6. The number of hydrogen-bond donors (Lipinski definition) is 0. The van der Waals surface area contributed by atoms with Gasteiger partial charge in [0.2, 0.25) is 0 Å². The van der Waals surface area contributed by atoms with Gasteiger partial charge in [0.15, 0.2) is 17.4 Å². The van der Waals surface area contributed by atoms with Crippen LogP contribution in [0, 0.1) is 0 Å². The average Bonchev–Trinajstić information content (AvgIpc) is 3.19. The molecule has 0 bridgehead atoms. The number of aryl methyl sites for hydroxylation is 1. The van der Waals surface area contributed by atoms with Gasteiger partial charge in [0.1, 0.15) is 5.69 Å². The van der Waals surface area contributed by atoms with E-state index >= 15 is 0 Å². The molecule has 0 radical (unpaired) electrons. The first-order valence-electron chi connectivity index (χ1n) is 9.50. The van der Waals surface area contributed by atoms with Crippen molar-refractivity contribution in [2.75, 3.05) is 0 Å². The summed E-state index contributed by atoms with van der Waals surface area (Å²) in [7, 11) is 0. The Kier molecular flexibility index (Phi) is 6.80. The number of pyridine rings is 1. The van der Waals surface area contributed by atoms with E-state index in [0.717, 1.165) is 31.0 Å². The van der Waals surface area contributed by atoms with Gasteiger partial charge in [-0.3, -0.25) is 9.78 Å². The number of alkyl halides is 3. The standard InChI is InChI=1S/C22H21F3N2O2/c23-22(24,25)17-10-6-5-9-16(17)19(28)12-3-1-2-4-13-21-27-15-20(29-21)18-11-7-8-14-26-18/h5-11,14-15H,1-4,12-13H2. The highest BCUT2D eigenvalue weighted by atomic mass is 19.4. The number of oxazole rings is 1. The molecule has 0 N–H and O–H groups in total. The molecule has 7 heteroatoms. The van der Waals surface area contributed by atoms with Crippen molar-refractivity contribution in [2.24, 2.45) is 0 Å². The van der Waals surface area contributed by atoms with Gasteiger partial charge >= 0.3 is 6.18 Å². The largest absolute Gasteiger partial charge is 0.439 e. The third-order valence-corrected chi connectivity index (χ3v) is 4.55. The van der Waals surface area contributed by atoms with Crippen molar-refractivity contribution >= 4 is 5.78 Å². The molecule has 0 aliphatic heterocycles. The number of aromatic nitrogens is 2. The van der Waals surface area contributed by atoms with Crippen LogP contribution in [0.15, 0.2) is 59.3 Å². The minimum atomic E-state index is -4.52. The van der Waals surface area contributed by atoms with Crippen LogP contribution in [-0.4, -0.2) is 15.8 Å². The molecule has 152 valence electrons. The molecule has 2 heterocycles. The number of halogens is 3. The van der Waals surface area contributed by atoms with E-state index in [1.54, 1.807) is 12.4 Å². The highest BCUT2D eigenvalue weighted by Gasteiger charge is 2.34. The monoisotopic (exact) mass is 402 g/mol. The van der Waals surface area contributed by atoms with Gasteiger partial charge in [-0.1, -0.05) is 37.1 Å². The first kappa shape index (κ1) is 20.8. The molecule has 0 fully saturated rings. The van der Waals surface area contributed by atoms with Crippen LogP contribution in [0.5, 0.6) is 0 Å². The molecule has 0 atom stereocenters. The fraction of sp³-hybridized carbons (Fsp3) is 0.318. The fourth-order valence-corrected chi connectivity index (χ4v) is 3.08. The quantitative estimate of drug-likeness (QED) is 0.319. The van der Waals surface area contributed by atoms with E-state index in [0.29, 0.717) is 24.5 Å². The number of benzene rings is 1. The molecule has 0 unspecified atom stereocenters. The fourth-order valence-electron chi connectivity index (χ4n) is 3.08. The van der Waals surface area contributed by atoms with Crippen LogP contribution in [0.1, 0.15) is 53.9 Å². The minimum Gasteiger partial charge on any atom is -0.439 e. The number of Topliss-reactive ketones (excluding diaryl/α,β-unsaturated/α-hetero) is 1. The van der Waals surface area contributed by atoms with E-state index in [1.807, 2.05) is 18.2 Å². The van der Waals surface area contributed by atoms with Crippen LogP contribution in [0.2, 0.25) is 0 Å². The molecule has 0 amide bonds. The van der Waals surface area contributed by atoms with Gasteiger partial charge in [0.25, 0.3) is 0 Å². The van der Waals surface area contributed by atoms with E-state index in [2.05, 4.69) is 9.97 Å². The second-order valence-electron chi connectivity index (χ2n) is 6.71. The van der Waals surface area contributed by atoms with Crippen LogP contribution in [0.4, 0.5) is 13.2 Å². The highest BCUT2D eigenvalue weighted by molar-refractivity contribution is 5.97. The highest BCUT2D eigenvalue weighted by Crippen LogP contribution is 2.32. The van der Waals surface area contributed by atoms with Gasteiger partial charge in [-0.05, 0) is 31.0 Å². The zero-order valence-electron chi connectivity index (χ0n) is 15.8. The first-order valence-corrected chi connectivity index (χ1v) is 9.50. The summed E-state index contributed by atoms with van der Waals surface area (Å²) in [5, 5.41) is 0. The molecule has 0 aliphatic rings. The summed E-state index contributed by atoms with van der Waals surface area (Å²) in [6.07, 6.45) is 2.57. The average molecular weight is 402 g/mol. The molecular formula is C22H21F3N2O2. The third-order valence-electron chi connectivity index (χ3n) is 4.55. The maximum absolute atomic E-state index is 13.0. The van der Waals surface area contributed by atoms with E-state index in [-0.39, 0.29) is 12.0 Å². The minimum absolute atomic E-state index is 0.107. The van der Waals surface area contributed by atoms with Crippen LogP contribution in [0.3, 0.4) is 0 Å². The van der Waals surface area contributed by atoms with Crippen molar-refractivity contribution in [3.05, 3.63) is 71.9 Å². The summed E-state index contributed by atoms with van der Waals surface area (Å²) < 4.78 is 44.7. The van der Waals surface area contributed by atoms with Crippen molar-refractivity contribution in [1.29, 1.82) is 0 Å². The zero-order valence-corrected chi connectivity index (χ0v) is 15.8. The zero-order chi connectivity index (χ0) is 20.7. The summed E-state index contributed by atoms with van der Waals surface area (Å²) in [6.45, 7) is 0. The molecule has 29 heavy (non-hydrogen) atoms. The van der Waals surface area contributed by atoms with Crippen LogP contribution in [-0.2, 0) is 12.6 Å². The number of hydrogen-bond acceptors (Lipinski definition) is 4. The maximum atomic E-state index is 13.0. The van der Waals surface area contributed by atoms with Gasteiger partial charge in [0, 0.05) is 24.6 Å². The smallest absolute Gasteiger partial charge is 0.417 e. The Bertz CT molecular complexity index is 936. The summed E-state index contributed by atoms with van der Waals surface area (Å²) in [5.41, 5.74) is -0.386. The molecule has 0 aliphatic carbocycles. The van der Waals surface area contributed by atoms with E-state index in [4.69, 9.17) is 4.42 Å². The number of ketones is 1. The molecule has 0 saturated heterocycles. The van der Waals surface area contributed by atoms with Gasteiger partial charge < -0.3 is 4.42 Å². The molecule has 4 nitrogen and oxygen atoms in total. The summed E-state index contributed by atoms with van der Waals surface area (Å²) in [4.78, 5) is 20.6. The summed E-state index contributed by atoms with van der Waals surface area (Å²) in [5.74, 6) is 0.779. The van der Waals surface area contributed by atoms with E-state index in [1.165, 1.54) is 18.2 Å². The van der Waals surface area contributed by atoms with Crippen molar-refractivity contribution in [3.8, 4) is 11.5 Å². The molecular weight excluding hydrogens is 381 g/mol. The van der Waals surface area contributed by atoms with Gasteiger partial charge in [-0.15, -0.1) is 0 Å². The van der Waals surface area contributed by atoms with Gasteiger partial charge in [0.05, 0.1) is 11.8 Å². The predicted octanol–water partition coefficient (Wildman–Crippen LogP) is 6.13. The van der Waals surface area contributed by atoms with Crippen LogP contribution < -0.4 is 0 Å². The third kappa shape index (κ3) is 5.76. The predicted molar refractivity (Wildman–Crippen MR) is 102 cm³/mol. The maximum Gasteiger partial charge on any atom is 0.417 e. The Balaban J connectivity index is 1.40. The van der Waals surface area contributed by atoms with Crippen molar-refractivity contribution in [1.82, 2.24) is 9.97 Å². The van der Waals surface area contributed by atoms with Gasteiger partial charge in [-0.2, -0.15) is 13.2 Å². The van der Waals surface area contributed by atoms with E-state index in [9.17, 15) is 18.0 Å². The number of nitrogens with zero attached hydrogens (tertiary/aromatic N) is 2. The summed E-state index contributed by atoms with van der Waals surface area (Å²) in [6, 6.07) is 10.5. The SMILES string of the molecule is O=C(CCCCCCc1ncc(-c2ccccn2)o1)c1ccccc1C(F)(F)F. The van der Waals surface area contributed by atoms with Crippen molar-refractivity contribution in [3.63, 3.8) is 0 Å². The molecule has 2 aromatic heterocycles. The molecule has 3 rings (SSSR count). The van der Waals surface area contributed by atoms with Crippen LogP contribution in [0.25, 0.3) is 11.5 Å². The number of carbonyl (C=O) groups excluding carboxylic acids is 1. The Morgan fingerprint density at radius 3 is 2.45 bits per heavy atom. The van der Waals surface area contributed by atoms with E-state index < -0.39 is 17.5 Å². The number of rotatable bonds is 9. The lowest BCUT2D eigenvalue weighted by molar-refractivity contribution is -0.137. The van der Waals surface area contributed by atoms with Crippen molar-refractivity contribution < 1.29 is 22.4 Å². The second kappa shape index (κ2) is 9.49. The number of carbonyl (C=O) groups is 1. The molecule has 1 aromatic carbocycles. The van der Waals surface area contributed by atoms with Gasteiger partial charge in [-0.25, -0.2) is 4.98 Å². The lowest BCUT2D eigenvalue weighted by Gasteiger charge is -2.11. The number of unbranched alkanes of at least 4 members (excludes halogenated alkanes) is 3. The summed E-state index contributed by atoms with van der Waals surface area (Å²) >= 11 is 0. The van der Waals surface area contributed by atoms with Crippen molar-refractivity contribution in [2.45, 2.75) is 44.7 Å². The Hall–Kier alpha value is -2.96. The molecule has 0 spiro atoms. The Morgan fingerprint density at radius 2 is 1.69 bits per heavy atom. The molecule has 3 aromatic rings. The molecule has 0 saturated carbocycles. The lowest BCUT2D eigenvalue weighted by atomic mass is 9.99.